The summed E-state index contributed by atoms with van der Waals surface area (Å²) in [6.07, 6.45) is 6.11. The summed E-state index contributed by atoms with van der Waals surface area (Å²) in [6, 6.07) is 14.1. The predicted octanol–water partition coefficient (Wildman–Crippen LogP) is 1.63. The van der Waals surface area contributed by atoms with Crippen molar-refractivity contribution < 1.29 is 23.1 Å². The van der Waals surface area contributed by atoms with Gasteiger partial charge in [-0.3, -0.25) is 14.5 Å². The highest BCUT2D eigenvalue weighted by atomic mass is 19.1. The van der Waals surface area contributed by atoms with Crippen LogP contribution in [0.1, 0.15) is 16.8 Å². The molecule has 2 aliphatic heterocycles. The average Bonchev–Trinajstić information content (AvgIpc) is 3.47. The van der Waals surface area contributed by atoms with E-state index in [4.69, 9.17) is 16.2 Å². The number of benzene rings is 2. The number of nitrogens with one attached hydrogen (secondary N) is 2. The third kappa shape index (κ3) is 9.45. The molecule has 4 heterocycles. The molecule has 2 aromatic carbocycles. The lowest BCUT2D eigenvalue weighted by molar-refractivity contribution is -0.128. The lowest BCUT2D eigenvalue weighted by Crippen LogP contribution is -2.54. The number of nitrogen functional groups attached to an aromatic ring is 1. The number of anilines is 3. The van der Waals surface area contributed by atoms with Gasteiger partial charge in [0.1, 0.15) is 24.2 Å². The zero-order valence-electron chi connectivity index (χ0n) is 28.9. The summed E-state index contributed by atoms with van der Waals surface area (Å²) in [5.74, 6) is -0.645. The normalized spacial score (nSPS) is 15.8. The SMILES string of the molecule is Cc1c(/C=C/CN2CCN(c3cc(F)cc(F)c3)CC2)cnn1-c1cc(N2CC(OCNC(=O)CNC(=O)C(N)Cc3ccccc3)C2)nc(N)n1. The number of carbonyl (C=O) groups is 2. The van der Waals surface area contributed by atoms with Gasteiger partial charge in [-0.05, 0) is 31.0 Å². The van der Waals surface area contributed by atoms with E-state index in [2.05, 4.69) is 36.7 Å². The van der Waals surface area contributed by atoms with Crippen LogP contribution in [-0.4, -0.2) is 108 Å². The minimum atomic E-state index is -0.754. The third-order valence-electron chi connectivity index (χ3n) is 9.05. The highest BCUT2D eigenvalue weighted by Crippen LogP contribution is 2.24. The highest BCUT2D eigenvalue weighted by Gasteiger charge is 2.30. The number of rotatable bonds is 14. The van der Waals surface area contributed by atoms with Crippen molar-refractivity contribution in [1.82, 2.24) is 35.3 Å². The topological polar surface area (TPSA) is 173 Å². The van der Waals surface area contributed by atoms with Gasteiger partial charge in [-0.2, -0.15) is 15.1 Å². The van der Waals surface area contributed by atoms with Crippen molar-refractivity contribution in [2.45, 2.75) is 25.5 Å². The molecular weight excluding hydrogens is 672 g/mol. The molecule has 2 aliphatic rings. The molecule has 0 spiro atoms. The zero-order valence-corrected chi connectivity index (χ0v) is 28.9. The Morgan fingerprint density at radius 2 is 1.69 bits per heavy atom. The molecule has 2 saturated heterocycles. The molecule has 4 aromatic rings. The van der Waals surface area contributed by atoms with Gasteiger partial charge in [0, 0.05) is 69.2 Å². The Kier molecular flexibility index (Phi) is 11.7. The summed E-state index contributed by atoms with van der Waals surface area (Å²) in [4.78, 5) is 39.6. The third-order valence-corrected chi connectivity index (χ3v) is 9.05. The zero-order chi connectivity index (χ0) is 36.6. The molecule has 0 saturated carbocycles. The number of halogens is 2. The summed E-state index contributed by atoms with van der Waals surface area (Å²) in [7, 11) is 0. The van der Waals surface area contributed by atoms with Crippen molar-refractivity contribution in [3.8, 4) is 5.82 Å². The molecule has 16 heteroatoms. The van der Waals surface area contributed by atoms with Crippen molar-refractivity contribution >= 4 is 35.3 Å². The van der Waals surface area contributed by atoms with E-state index in [1.165, 1.54) is 12.1 Å². The number of ether oxygens (including phenoxy) is 1. The van der Waals surface area contributed by atoms with Gasteiger partial charge in [0.05, 0.1) is 30.6 Å². The molecule has 1 unspecified atom stereocenters. The maximum Gasteiger partial charge on any atom is 0.241 e. The quantitative estimate of drug-likeness (QED) is 0.140. The Hall–Kier alpha value is -5.45. The number of aromatic nitrogens is 4. The van der Waals surface area contributed by atoms with Crippen molar-refractivity contribution in [2.75, 3.05) is 74.6 Å². The maximum atomic E-state index is 13.6. The first-order chi connectivity index (χ1) is 25.1. The van der Waals surface area contributed by atoms with E-state index in [0.29, 0.717) is 49.9 Å². The summed E-state index contributed by atoms with van der Waals surface area (Å²) in [5, 5.41) is 9.75. The van der Waals surface area contributed by atoms with Crippen LogP contribution >= 0.6 is 0 Å². The summed E-state index contributed by atoms with van der Waals surface area (Å²) in [6.45, 7) is 6.45. The second-order valence-corrected chi connectivity index (χ2v) is 12.8. The number of piperazine rings is 1. The van der Waals surface area contributed by atoms with Gasteiger partial charge in [-0.15, -0.1) is 0 Å². The summed E-state index contributed by atoms with van der Waals surface area (Å²) >= 11 is 0. The first-order valence-electron chi connectivity index (χ1n) is 17.1. The molecule has 52 heavy (non-hydrogen) atoms. The number of nitrogens with two attached hydrogens (primary N) is 2. The fraction of sp³-hybridized carbons (Fsp3) is 0.361. The van der Waals surface area contributed by atoms with E-state index in [-0.39, 0.29) is 31.2 Å². The predicted molar refractivity (Wildman–Crippen MR) is 194 cm³/mol. The van der Waals surface area contributed by atoms with Gasteiger partial charge in [-0.1, -0.05) is 42.5 Å². The maximum absolute atomic E-state index is 13.6. The molecule has 0 radical (unpaired) electrons. The lowest BCUT2D eigenvalue weighted by atomic mass is 10.1. The average molecular weight is 716 g/mol. The molecule has 6 rings (SSSR count). The van der Waals surface area contributed by atoms with Gasteiger partial charge >= 0.3 is 0 Å². The molecule has 14 nitrogen and oxygen atoms in total. The molecule has 2 aromatic heterocycles. The molecule has 1 atom stereocenters. The van der Waals surface area contributed by atoms with Crippen molar-refractivity contribution in [1.29, 1.82) is 0 Å². The first kappa shape index (κ1) is 36.3. The van der Waals surface area contributed by atoms with E-state index >= 15 is 0 Å². The number of hydrogen-bond acceptors (Lipinski definition) is 11. The minimum Gasteiger partial charge on any atom is -0.369 e. The van der Waals surface area contributed by atoms with E-state index in [1.54, 1.807) is 10.9 Å². The van der Waals surface area contributed by atoms with Crippen molar-refractivity contribution in [3.63, 3.8) is 0 Å². The van der Waals surface area contributed by atoms with Crippen molar-refractivity contribution in [2.24, 2.45) is 5.73 Å². The monoisotopic (exact) mass is 715 g/mol. The highest BCUT2D eigenvalue weighted by molar-refractivity contribution is 5.87. The number of amides is 2. The summed E-state index contributed by atoms with van der Waals surface area (Å²) in [5.41, 5.74) is 15.4. The van der Waals surface area contributed by atoms with E-state index in [9.17, 15) is 18.4 Å². The summed E-state index contributed by atoms with van der Waals surface area (Å²) < 4.78 is 34.8. The molecule has 0 aliphatic carbocycles. The standard InChI is InChI=1S/C36H43F2N11O3/c1-24-26(8-5-9-46-10-12-47(13-11-46)29-16-27(37)15-28(38)17-29)19-43-49(24)33-18-32(44-36(40)45-33)48-21-30(22-48)52-23-42-34(50)20-41-35(51)31(39)14-25-6-3-2-4-7-25/h2-8,15-19,30-31H,9-14,20-23,39H2,1H3,(H,41,51)(H,42,50)(H2,40,44,45)/b8-5+. The van der Waals surface area contributed by atoms with Crippen LogP contribution in [0, 0.1) is 18.6 Å². The molecule has 2 fully saturated rings. The Balaban J connectivity index is 0.921. The van der Waals surface area contributed by atoms with Crippen LogP contribution in [0.15, 0.2) is 66.9 Å². The van der Waals surface area contributed by atoms with E-state index in [0.717, 1.165) is 42.5 Å². The molecule has 2 amide bonds. The fourth-order valence-corrected chi connectivity index (χ4v) is 6.06. The fourth-order valence-electron chi connectivity index (χ4n) is 6.06. The van der Waals surface area contributed by atoms with Crippen LogP contribution in [0.2, 0.25) is 0 Å². The minimum absolute atomic E-state index is 0.00440. The first-order valence-corrected chi connectivity index (χ1v) is 17.1. The van der Waals surface area contributed by atoms with Gasteiger partial charge in [-0.25, -0.2) is 13.5 Å². The van der Waals surface area contributed by atoms with Crippen LogP contribution in [0.4, 0.5) is 26.2 Å². The van der Waals surface area contributed by atoms with Crippen molar-refractivity contribution in [3.05, 3.63) is 95.3 Å². The van der Waals surface area contributed by atoms with Gasteiger partial charge < -0.3 is 36.6 Å². The van der Waals surface area contributed by atoms with E-state index in [1.807, 2.05) is 59.2 Å². The second kappa shape index (κ2) is 16.7. The lowest BCUT2D eigenvalue weighted by Gasteiger charge is -2.39. The molecule has 274 valence electrons. The Labute approximate surface area is 300 Å². The smallest absolute Gasteiger partial charge is 0.241 e. The van der Waals surface area contributed by atoms with Crippen LogP contribution < -0.4 is 31.9 Å². The number of hydrogen-bond donors (Lipinski definition) is 4. The Morgan fingerprint density at radius 3 is 2.42 bits per heavy atom. The largest absolute Gasteiger partial charge is 0.369 e. The second-order valence-electron chi connectivity index (χ2n) is 12.8. The molecule has 6 N–H and O–H groups in total. The van der Waals surface area contributed by atoms with Crippen LogP contribution in [-0.2, 0) is 20.7 Å². The Morgan fingerprint density at radius 1 is 0.981 bits per heavy atom. The Bertz CT molecular complexity index is 1860. The number of carbonyl (C=O) groups excluding carboxylic acids is 2. The molecular formula is C36H43F2N11O3. The van der Waals surface area contributed by atoms with Crippen LogP contribution in [0.5, 0.6) is 0 Å². The van der Waals surface area contributed by atoms with Gasteiger partial charge in [0.25, 0.3) is 0 Å². The van der Waals surface area contributed by atoms with Gasteiger partial charge in [0.15, 0.2) is 5.82 Å². The van der Waals surface area contributed by atoms with Crippen LogP contribution in [0.3, 0.4) is 0 Å². The van der Waals surface area contributed by atoms with E-state index < -0.39 is 23.6 Å². The number of nitrogens with zero attached hydrogens (tertiary/aromatic N) is 7. The van der Waals surface area contributed by atoms with Gasteiger partial charge in [0.2, 0.25) is 17.8 Å². The molecule has 0 bridgehead atoms. The van der Waals surface area contributed by atoms with Crippen LogP contribution in [0.25, 0.3) is 11.9 Å².